The number of hydrogen-bond donors (Lipinski definition) is 1. The van der Waals surface area contributed by atoms with Gasteiger partial charge in [-0.25, -0.2) is 9.59 Å². The average Bonchev–Trinajstić information content (AvgIpc) is 3.09. The smallest absolute Gasteiger partial charge is 0.331 e. The summed E-state index contributed by atoms with van der Waals surface area (Å²) in [5.74, 6) is -1.46. The van der Waals surface area contributed by atoms with Gasteiger partial charge >= 0.3 is 11.9 Å². The van der Waals surface area contributed by atoms with Gasteiger partial charge in [0.25, 0.3) is 0 Å². The molecule has 2 heterocycles. The van der Waals surface area contributed by atoms with Crippen LogP contribution in [0.5, 0.6) is 0 Å². The number of fused-ring (bicyclic) bond motifs is 1. The summed E-state index contributed by atoms with van der Waals surface area (Å²) in [7, 11) is 0. The van der Waals surface area contributed by atoms with Crippen LogP contribution in [-0.2, 0) is 30.5 Å². The molecule has 50 heavy (non-hydrogen) atoms. The van der Waals surface area contributed by atoms with Gasteiger partial charge in [-0.1, -0.05) is 119 Å². The topological polar surface area (TPSA) is 103 Å². The quantitative estimate of drug-likeness (QED) is 0.101. The van der Waals surface area contributed by atoms with Crippen LogP contribution in [0.15, 0.2) is 108 Å². The first-order valence-electron chi connectivity index (χ1n) is 17.8. The van der Waals surface area contributed by atoms with Crippen LogP contribution in [0.25, 0.3) is 10.9 Å². The molecule has 2 aromatic rings. The number of benzene rings is 1. The zero-order valence-electron chi connectivity index (χ0n) is 31.0. The number of para-hydroxylation sites is 1. The highest BCUT2D eigenvalue weighted by atomic mass is 16.5. The number of cyclic esters (lactones) is 1. The number of ketones is 1. The number of ether oxygens (including phenoxy) is 2. The van der Waals surface area contributed by atoms with E-state index in [0.717, 1.165) is 40.5 Å². The van der Waals surface area contributed by atoms with E-state index in [-0.39, 0.29) is 42.2 Å². The van der Waals surface area contributed by atoms with Gasteiger partial charge in [0.15, 0.2) is 0 Å². The fourth-order valence-corrected chi connectivity index (χ4v) is 6.22. The predicted molar refractivity (Wildman–Crippen MR) is 201 cm³/mol. The molecule has 0 saturated carbocycles. The highest BCUT2D eigenvalue weighted by Crippen LogP contribution is 2.25. The van der Waals surface area contributed by atoms with Gasteiger partial charge in [0.05, 0.1) is 11.6 Å². The van der Waals surface area contributed by atoms with Crippen molar-refractivity contribution in [3.05, 3.63) is 113 Å². The number of carbonyl (C=O) groups is 3. The molecule has 7 atom stereocenters. The number of hydrogen-bond acceptors (Lipinski definition) is 7. The molecule has 0 aliphatic carbocycles. The molecule has 0 saturated heterocycles. The summed E-state index contributed by atoms with van der Waals surface area (Å²) in [6.45, 7) is 15.8. The van der Waals surface area contributed by atoms with Crippen molar-refractivity contribution in [2.45, 2.75) is 93.5 Å². The Kier molecular flexibility index (Phi) is 15.8. The van der Waals surface area contributed by atoms with Crippen LogP contribution in [0.3, 0.4) is 0 Å². The van der Waals surface area contributed by atoms with Gasteiger partial charge in [-0.3, -0.25) is 9.78 Å². The molecule has 7 heteroatoms. The number of aliphatic hydroxyl groups is 1. The summed E-state index contributed by atoms with van der Waals surface area (Å²) in [6.07, 6.45) is 20.0. The molecule has 1 aliphatic heterocycles. The molecule has 1 aromatic heterocycles. The van der Waals surface area contributed by atoms with Crippen molar-refractivity contribution in [1.29, 1.82) is 0 Å². The zero-order valence-corrected chi connectivity index (χ0v) is 31.0. The Morgan fingerprint density at radius 1 is 1.06 bits per heavy atom. The lowest BCUT2D eigenvalue weighted by atomic mass is 9.83. The Hall–Kier alpha value is -4.36. The molecule has 0 amide bonds. The maximum Gasteiger partial charge on any atom is 0.331 e. The van der Waals surface area contributed by atoms with Crippen molar-refractivity contribution in [1.82, 2.24) is 4.98 Å². The van der Waals surface area contributed by atoms with Gasteiger partial charge in [0.1, 0.15) is 18.5 Å². The summed E-state index contributed by atoms with van der Waals surface area (Å²) in [6, 6.07) is 9.61. The first-order valence-corrected chi connectivity index (χ1v) is 17.8. The van der Waals surface area contributed by atoms with E-state index >= 15 is 0 Å². The van der Waals surface area contributed by atoms with Crippen molar-refractivity contribution in [3.8, 4) is 0 Å². The molecule has 1 N–H and O–H groups in total. The Morgan fingerprint density at radius 2 is 1.80 bits per heavy atom. The molecule has 268 valence electrons. The lowest BCUT2D eigenvalue weighted by Crippen LogP contribution is -2.34. The van der Waals surface area contributed by atoms with Crippen LogP contribution in [-0.4, -0.2) is 40.0 Å². The fraction of sp³-hybridized carbons (Fsp3) is 0.442. The molecule has 0 radical (unpaired) electrons. The van der Waals surface area contributed by atoms with E-state index in [1.807, 2.05) is 89.3 Å². The molecule has 1 aromatic carbocycles. The highest BCUT2D eigenvalue weighted by molar-refractivity contribution is 5.85. The van der Waals surface area contributed by atoms with Crippen LogP contribution in [0.1, 0.15) is 80.2 Å². The van der Waals surface area contributed by atoms with Crippen LogP contribution < -0.4 is 0 Å². The lowest BCUT2D eigenvalue weighted by molar-refractivity contribution is -0.143. The van der Waals surface area contributed by atoms with Gasteiger partial charge in [0.2, 0.25) is 0 Å². The lowest BCUT2D eigenvalue weighted by Gasteiger charge is -2.25. The van der Waals surface area contributed by atoms with Gasteiger partial charge in [-0.2, -0.15) is 0 Å². The Bertz CT molecular complexity index is 1650. The Balaban J connectivity index is 1.47. The molecular weight excluding hydrogens is 626 g/mol. The fourth-order valence-electron chi connectivity index (χ4n) is 6.22. The van der Waals surface area contributed by atoms with E-state index in [9.17, 15) is 19.5 Å². The van der Waals surface area contributed by atoms with E-state index < -0.39 is 18.0 Å². The first kappa shape index (κ1) is 40.1. The second-order valence-electron chi connectivity index (χ2n) is 13.8. The molecule has 7 nitrogen and oxygen atoms in total. The normalized spacial score (nSPS) is 20.5. The summed E-state index contributed by atoms with van der Waals surface area (Å²) in [5, 5.41) is 12.1. The molecule has 3 rings (SSSR count). The van der Waals surface area contributed by atoms with E-state index in [2.05, 4.69) is 37.1 Å². The molecule has 0 unspecified atom stereocenters. The molecule has 0 bridgehead atoms. The summed E-state index contributed by atoms with van der Waals surface area (Å²) >= 11 is 0. The van der Waals surface area contributed by atoms with Crippen molar-refractivity contribution < 1.29 is 29.0 Å². The number of rotatable bonds is 17. The summed E-state index contributed by atoms with van der Waals surface area (Å²) in [5.41, 5.74) is 4.60. The molecule has 0 fully saturated rings. The van der Waals surface area contributed by atoms with Gasteiger partial charge in [-0.15, -0.1) is 0 Å². The SMILES string of the molecule is CCC(C=C[C@@H]1OC(=O)C=C[C@@H]1C)=C[C@H](C)CC=CC(C)=C[C@@H](C)C(=O)[C@@H](C)[C@H](O)[C@@H](C)CC(C)=CC(=O)OCc1cccc2cccnc12. The van der Waals surface area contributed by atoms with E-state index in [1.165, 1.54) is 17.7 Å². The molecule has 1 aliphatic rings. The number of esters is 2. The zero-order chi connectivity index (χ0) is 36.8. The van der Waals surface area contributed by atoms with Crippen molar-refractivity contribution in [3.63, 3.8) is 0 Å². The van der Waals surface area contributed by atoms with Crippen LogP contribution in [0.2, 0.25) is 0 Å². The minimum Gasteiger partial charge on any atom is -0.458 e. The largest absolute Gasteiger partial charge is 0.458 e. The third kappa shape index (κ3) is 12.5. The van der Waals surface area contributed by atoms with E-state index in [1.54, 1.807) is 13.1 Å². The second kappa shape index (κ2) is 19.7. The third-order valence-corrected chi connectivity index (χ3v) is 9.20. The number of aromatic nitrogens is 1. The standard InChI is InChI=1S/C43H55NO6/c1-9-35(19-20-38-31(5)18-21-39(45)50-38)25-29(3)14-10-13-28(2)23-32(6)42(47)34(8)43(48)33(7)24-30(4)26-40(46)49-27-37-16-11-15-36-17-12-22-44-41(36)37/h10-13,15-23,25-26,29,31-34,38,43,48H,9,14,24,27H2,1-8H3/t29-,31+,32-,33+,34-,38+,43-/m1/s1. The maximum atomic E-state index is 13.3. The summed E-state index contributed by atoms with van der Waals surface area (Å²) in [4.78, 5) is 41.8. The summed E-state index contributed by atoms with van der Waals surface area (Å²) < 4.78 is 10.9. The first-order chi connectivity index (χ1) is 23.8. The molecule has 0 spiro atoms. The maximum absolute atomic E-state index is 13.3. The number of carbonyl (C=O) groups excluding carboxylic acids is 3. The van der Waals surface area contributed by atoms with Crippen LogP contribution >= 0.6 is 0 Å². The Morgan fingerprint density at radius 3 is 2.54 bits per heavy atom. The van der Waals surface area contributed by atoms with Gasteiger partial charge in [0, 0.05) is 47.1 Å². The number of nitrogens with zero attached hydrogens (tertiary/aromatic N) is 1. The molecular formula is C43H55NO6. The van der Waals surface area contributed by atoms with Gasteiger partial charge in [-0.05, 0) is 57.1 Å². The Labute approximate surface area is 298 Å². The van der Waals surface area contributed by atoms with Crippen LogP contribution in [0, 0.1) is 29.6 Å². The van der Waals surface area contributed by atoms with Crippen molar-refractivity contribution in [2.75, 3.05) is 0 Å². The number of Topliss-reactive ketones (excluding diaryl/α,β-unsaturated/α-hetero) is 1. The number of allylic oxidation sites excluding steroid dienone is 8. The minimum absolute atomic E-state index is 0.0222. The third-order valence-electron chi connectivity index (χ3n) is 9.20. The predicted octanol–water partition coefficient (Wildman–Crippen LogP) is 8.99. The monoisotopic (exact) mass is 681 g/mol. The van der Waals surface area contributed by atoms with Crippen molar-refractivity contribution >= 4 is 28.6 Å². The minimum atomic E-state index is -0.852. The van der Waals surface area contributed by atoms with E-state index in [4.69, 9.17) is 9.47 Å². The number of aliphatic hydroxyl groups excluding tert-OH is 1. The average molecular weight is 682 g/mol. The highest BCUT2D eigenvalue weighted by Gasteiger charge is 2.29. The van der Waals surface area contributed by atoms with E-state index in [0.29, 0.717) is 12.3 Å². The van der Waals surface area contributed by atoms with Gasteiger partial charge < -0.3 is 14.6 Å². The number of pyridine rings is 1. The van der Waals surface area contributed by atoms with Crippen molar-refractivity contribution in [2.24, 2.45) is 29.6 Å². The van der Waals surface area contributed by atoms with Crippen LogP contribution in [0.4, 0.5) is 0 Å². The second-order valence-corrected chi connectivity index (χ2v) is 13.8.